The molecule has 0 fully saturated rings. The van der Waals surface area contributed by atoms with E-state index in [1.165, 1.54) is 37.4 Å². The number of rotatable bonds is 8. The lowest BCUT2D eigenvalue weighted by molar-refractivity contribution is 0.0926. The van der Waals surface area contributed by atoms with Gasteiger partial charge in [-0.2, -0.15) is 5.10 Å². The van der Waals surface area contributed by atoms with Gasteiger partial charge in [0.25, 0.3) is 17.7 Å². The van der Waals surface area contributed by atoms with Crippen molar-refractivity contribution in [1.82, 2.24) is 25.2 Å². The normalized spacial score (nSPS) is 13.7. The van der Waals surface area contributed by atoms with Crippen LogP contribution in [0, 0.1) is 18.6 Å². The number of nitrogens with zero attached hydrogens (tertiary/aromatic N) is 3. The predicted octanol–water partition coefficient (Wildman–Crippen LogP) is 6.42. The lowest BCUT2D eigenvalue weighted by Crippen LogP contribution is -2.31. The monoisotopic (exact) mass is 690 g/mol. The number of anilines is 1. The summed E-state index contributed by atoms with van der Waals surface area (Å²) in [6.07, 6.45) is 2.43. The zero-order chi connectivity index (χ0) is 34.3. The highest BCUT2D eigenvalue weighted by atomic mass is 35.5. The van der Waals surface area contributed by atoms with Crippen molar-refractivity contribution in [1.29, 1.82) is 0 Å². The molecule has 1 aliphatic rings. The lowest BCUT2D eigenvalue weighted by Gasteiger charge is -2.16. The van der Waals surface area contributed by atoms with Crippen LogP contribution in [0.2, 0.25) is 10.0 Å². The van der Waals surface area contributed by atoms with Gasteiger partial charge in [-0.25, -0.2) is 18.3 Å². The standard InChI is InChI=1S/C34H26Cl2F2N6O4/c1-16-20(17(2)45)5-6-22-21(16)7-10-27(22)42-34(48)30-13-29(33(47)39-14-18-3-8-25(37)26(38)11-18)41-31-23(15-40-44(30)31)32(46)43-28-9-4-19(35)12-24(28)36/h3-6,8-9,11-13,15,27H,7,10,14H2,1-2H3,(H,39,47)(H,42,48)(H,43,46)/t27-/m0/s1. The van der Waals surface area contributed by atoms with Gasteiger partial charge in [0.2, 0.25) is 0 Å². The maximum Gasteiger partial charge on any atom is 0.270 e. The Morgan fingerprint density at radius 2 is 1.73 bits per heavy atom. The molecule has 2 heterocycles. The summed E-state index contributed by atoms with van der Waals surface area (Å²) in [5, 5.41) is 13.0. The molecule has 3 amide bonds. The molecule has 48 heavy (non-hydrogen) atoms. The first-order valence-corrected chi connectivity index (χ1v) is 15.5. The van der Waals surface area contributed by atoms with E-state index in [1.807, 2.05) is 13.0 Å². The number of carbonyl (C=O) groups excluding carboxylic acids is 4. The number of Topliss-reactive ketones (excluding diaryl/α,β-unsaturated/α-hetero) is 1. The Labute approximate surface area is 282 Å². The summed E-state index contributed by atoms with van der Waals surface area (Å²) in [4.78, 5) is 57.0. The van der Waals surface area contributed by atoms with Crippen LogP contribution in [0.5, 0.6) is 0 Å². The van der Waals surface area contributed by atoms with Crippen LogP contribution in [0.1, 0.15) is 83.3 Å². The largest absolute Gasteiger partial charge is 0.347 e. The van der Waals surface area contributed by atoms with Gasteiger partial charge in [-0.15, -0.1) is 0 Å². The lowest BCUT2D eigenvalue weighted by atomic mass is 9.96. The molecule has 10 nitrogen and oxygen atoms in total. The number of amides is 3. The molecule has 0 unspecified atom stereocenters. The fourth-order valence-corrected chi connectivity index (χ4v) is 6.20. The minimum absolute atomic E-state index is 0.0470. The molecule has 3 aromatic carbocycles. The van der Waals surface area contributed by atoms with Crippen molar-refractivity contribution in [2.45, 2.75) is 39.3 Å². The Morgan fingerprint density at radius 3 is 2.46 bits per heavy atom. The molecule has 0 spiro atoms. The molecule has 0 saturated carbocycles. The number of hydrogen-bond acceptors (Lipinski definition) is 6. The molecule has 0 radical (unpaired) electrons. The molecule has 14 heteroatoms. The van der Waals surface area contributed by atoms with Crippen molar-refractivity contribution in [2.24, 2.45) is 0 Å². The Kier molecular flexibility index (Phi) is 8.95. The summed E-state index contributed by atoms with van der Waals surface area (Å²) in [7, 11) is 0. The Bertz CT molecular complexity index is 2170. The maximum atomic E-state index is 13.9. The summed E-state index contributed by atoms with van der Waals surface area (Å²) >= 11 is 12.2. The average Bonchev–Trinajstić information content (AvgIpc) is 3.67. The predicted molar refractivity (Wildman–Crippen MR) is 175 cm³/mol. The third-order valence-electron chi connectivity index (χ3n) is 8.18. The second-order valence-corrected chi connectivity index (χ2v) is 12.1. The van der Waals surface area contributed by atoms with Crippen LogP contribution in [0.15, 0.2) is 60.8 Å². The molecular formula is C34H26Cl2F2N6O4. The van der Waals surface area contributed by atoms with E-state index in [0.29, 0.717) is 23.4 Å². The van der Waals surface area contributed by atoms with Crippen molar-refractivity contribution in [3.8, 4) is 0 Å². The van der Waals surface area contributed by atoms with Crippen LogP contribution in [0.25, 0.3) is 5.65 Å². The van der Waals surface area contributed by atoms with E-state index in [9.17, 15) is 28.0 Å². The fraction of sp³-hybridized carbons (Fsp3) is 0.176. The number of carbonyl (C=O) groups is 4. The minimum atomic E-state index is -1.07. The van der Waals surface area contributed by atoms with E-state index in [4.69, 9.17) is 23.2 Å². The average molecular weight is 692 g/mol. The van der Waals surface area contributed by atoms with E-state index >= 15 is 0 Å². The molecule has 0 aliphatic heterocycles. The Morgan fingerprint density at radius 1 is 0.938 bits per heavy atom. The summed E-state index contributed by atoms with van der Waals surface area (Å²) < 4.78 is 28.3. The van der Waals surface area contributed by atoms with Crippen LogP contribution in [-0.4, -0.2) is 38.1 Å². The van der Waals surface area contributed by atoms with Gasteiger partial charge in [0, 0.05) is 23.2 Å². The molecule has 1 aliphatic carbocycles. The SMILES string of the molecule is CC(=O)c1ccc2c(c1C)CC[C@@H]2NC(=O)c1cc(C(=O)NCc2ccc(F)c(F)c2)nc2c(C(=O)Nc3ccc(Cl)cc3Cl)cnn12. The number of hydrogen-bond donors (Lipinski definition) is 3. The highest BCUT2D eigenvalue weighted by Crippen LogP contribution is 2.35. The van der Waals surface area contributed by atoms with Crippen LogP contribution >= 0.6 is 23.2 Å². The topological polar surface area (TPSA) is 135 Å². The third-order valence-corrected chi connectivity index (χ3v) is 8.72. The number of fused-ring (bicyclic) bond motifs is 2. The molecule has 1 atom stereocenters. The summed E-state index contributed by atoms with van der Waals surface area (Å²) in [6, 6.07) is 12.1. The van der Waals surface area contributed by atoms with Gasteiger partial charge in [0.05, 0.1) is 22.9 Å². The molecule has 3 N–H and O–H groups in total. The van der Waals surface area contributed by atoms with Gasteiger partial charge in [-0.1, -0.05) is 41.4 Å². The van der Waals surface area contributed by atoms with E-state index in [2.05, 4.69) is 26.0 Å². The number of aromatic nitrogens is 3. The molecule has 5 aromatic rings. The number of halogens is 4. The van der Waals surface area contributed by atoms with Crippen molar-refractivity contribution >= 4 is 58.0 Å². The molecular weight excluding hydrogens is 665 g/mol. The number of ketones is 1. The Hall–Kier alpha value is -5.20. The van der Waals surface area contributed by atoms with Gasteiger partial charge in [0.1, 0.15) is 17.0 Å². The zero-order valence-electron chi connectivity index (χ0n) is 25.5. The third kappa shape index (κ3) is 6.36. The highest BCUT2D eigenvalue weighted by molar-refractivity contribution is 6.36. The van der Waals surface area contributed by atoms with Crippen molar-refractivity contribution in [3.63, 3.8) is 0 Å². The van der Waals surface area contributed by atoms with E-state index in [1.54, 1.807) is 12.1 Å². The van der Waals surface area contributed by atoms with Gasteiger partial charge in [-0.3, -0.25) is 19.2 Å². The first-order chi connectivity index (χ1) is 22.9. The van der Waals surface area contributed by atoms with Crippen LogP contribution < -0.4 is 16.0 Å². The minimum Gasteiger partial charge on any atom is -0.347 e. The van der Waals surface area contributed by atoms with E-state index in [-0.39, 0.29) is 51.2 Å². The van der Waals surface area contributed by atoms with Crippen LogP contribution in [0.3, 0.4) is 0 Å². The quantitative estimate of drug-likeness (QED) is 0.161. The highest BCUT2D eigenvalue weighted by Gasteiger charge is 2.29. The van der Waals surface area contributed by atoms with Gasteiger partial charge < -0.3 is 16.0 Å². The molecule has 0 bridgehead atoms. The molecule has 6 rings (SSSR count). The van der Waals surface area contributed by atoms with Crippen LogP contribution in [-0.2, 0) is 13.0 Å². The van der Waals surface area contributed by atoms with Gasteiger partial charge in [0.15, 0.2) is 23.1 Å². The molecule has 0 saturated heterocycles. The second-order valence-electron chi connectivity index (χ2n) is 11.3. The van der Waals surface area contributed by atoms with E-state index in [0.717, 1.165) is 33.3 Å². The summed E-state index contributed by atoms with van der Waals surface area (Å²) in [5.41, 5.74) is 3.41. The van der Waals surface area contributed by atoms with Crippen molar-refractivity contribution < 1.29 is 28.0 Å². The Balaban J connectivity index is 1.34. The zero-order valence-corrected chi connectivity index (χ0v) is 27.0. The number of benzene rings is 3. The van der Waals surface area contributed by atoms with Crippen molar-refractivity contribution in [3.05, 3.63) is 127 Å². The van der Waals surface area contributed by atoms with Gasteiger partial charge >= 0.3 is 0 Å². The van der Waals surface area contributed by atoms with Crippen molar-refractivity contribution in [2.75, 3.05) is 5.32 Å². The smallest absolute Gasteiger partial charge is 0.270 e. The van der Waals surface area contributed by atoms with Gasteiger partial charge in [-0.05, 0) is 79.3 Å². The van der Waals surface area contributed by atoms with E-state index < -0.39 is 35.4 Å². The molecule has 2 aromatic heterocycles. The first kappa shape index (κ1) is 32.7. The van der Waals surface area contributed by atoms with Crippen LogP contribution in [0.4, 0.5) is 14.5 Å². The maximum absolute atomic E-state index is 13.9. The second kappa shape index (κ2) is 13.1. The fourth-order valence-electron chi connectivity index (χ4n) is 5.75. The molecule has 244 valence electrons. The summed E-state index contributed by atoms with van der Waals surface area (Å²) in [6.45, 7) is 3.21. The number of nitrogens with one attached hydrogen (secondary N) is 3. The summed E-state index contributed by atoms with van der Waals surface area (Å²) in [5.74, 6) is -4.17. The first-order valence-electron chi connectivity index (χ1n) is 14.7.